The van der Waals surface area contributed by atoms with Gasteiger partial charge in [-0.3, -0.25) is 9.59 Å². The van der Waals surface area contributed by atoms with Crippen LogP contribution in [-0.4, -0.2) is 44.7 Å². The molecule has 2 aliphatic rings. The van der Waals surface area contributed by atoms with Gasteiger partial charge in [0, 0.05) is 28.4 Å². The van der Waals surface area contributed by atoms with Gasteiger partial charge in [-0.05, 0) is 12.1 Å². The van der Waals surface area contributed by atoms with E-state index in [1.807, 2.05) is 30.3 Å². The van der Waals surface area contributed by atoms with Crippen molar-refractivity contribution in [2.45, 2.75) is 16.5 Å². The molecule has 0 aliphatic heterocycles. The summed E-state index contributed by atoms with van der Waals surface area (Å²) in [4.78, 5) is 23.8. The Balaban J connectivity index is 1.79. The van der Waals surface area contributed by atoms with Gasteiger partial charge >= 0.3 is 11.9 Å². The van der Waals surface area contributed by atoms with E-state index in [1.165, 1.54) is 11.8 Å². The third-order valence-corrected chi connectivity index (χ3v) is 6.01. The topological polar surface area (TPSA) is 121 Å². The van der Waals surface area contributed by atoms with E-state index in [1.54, 1.807) is 0 Å². The molecule has 0 aromatic heterocycles. The zero-order valence-electron chi connectivity index (χ0n) is 11.6. The highest BCUT2D eigenvalue weighted by Crippen LogP contribution is 2.64. The van der Waals surface area contributed by atoms with Crippen LogP contribution in [-0.2, 0) is 9.59 Å². The fourth-order valence-corrected chi connectivity index (χ4v) is 4.93. The number of nitrogens with two attached hydrogens (primary N) is 1. The number of carboxylic acid groups (broad SMARTS) is 2. The maximum atomic E-state index is 11.7. The molecule has 2 aliphatic carbocycles. The molecule has 6 atom stereocenters. The maximum Gasteiger partial charge on any atom is 0.324 e. The number of rotatable bonds is 5. The van der Waals surface area contributed by atoms with Crippen molar-refractivity contribution in [3.63, 3.8) is 0 Å². The molecule has 6 nitrogen and oxygen atoms in total. The summed E-state index contributed by atoms with van der Waals surface area (Å²) in [6.07, 6.45) is -0.997. The highest BCUT2D eigenvalue weighted by atomic mass is 32.2. The largest absolute Gasteiger partial charge is 0.481 e. The second-order valence-electron chi connectivity index (χ2n) is 5.93. The summed E-state index contributed by atoms with van der Waals surface area (Å²) in [6.45, 7) is 0. The monoisotopic (exact) mass is 323 g/mol. The van der Waals surface area contributed by atoms with Crippen molar-refractivity contribution in [1.82, 2.24) is 0 Å². The van der Waals surface area contributed by atoms with Crippen LogP contribution in [0.5, 0.6) is 0 Å². The number of carbonyl (C=O) groups is 2. The SMILES string of the molecule is N[C@]1(C(=O)O)[C@@H]2[C@@H](C(=O)O)[C@@H]2[C@H](O)[C@@H]1CSc1ccccc1. The molecule has 7 heteroatoms. The van der Waals surface area contributed by atoms with Crippen LogP contribution in [0, 0.1) is 23.7 Å². The van der Waals surface area contributed by atoms with Crippen LogP contribution in [0.25, 0.3) is 0 Å². The van der Waals surface area contributed by atoms with Gasteiger partial charge in [-0.15, -0.1) is 11.8 Å². The molecule has 22 heavy (non-hydrogen) atoms. The highest BCUT2D eigenvalue weighted by molar-refractivity contribution is 7.99. The number of aliphatic hydroxyl groups excluding tert-OH is 1. The first kappa shape index (κ1) is 15.3. The van der Waals surface area contributed by atoms with Crippen molar-refractivity contribution >= 4 is 23.7 Å². The first-order chi connectivity index (χ1) is 10.4. The Morgan fingerprint density at radius 1 is 1.23 bits per heavy atom. The Kier molecular flexibility index (Phi) is 3.66. The standard InChI is InChI=1S/C15H17NO5S/c16-15(14(20)21)8(6-22-7-4-2-1-3-5-7)12(17)9-10(11(9)15)13(18)19/h1-5,8-12,17H,6,16H2,(H,18,19)(H,20,21)/t8-,9-,10-,11-,12+,15-/m0/s1. The van der Waals surface area contributed by atoms with Gasteiger partial charge in [-0.25, -0.2) is 0 Å². The molecule has 0 radical (unpaired) electrons. The minimum Gasteiger partial charge on any atom is -0.481 e. The van der Waals surface area contributed by atoms with E-state index in [0.717, 1.165) is 4.90 Å². The molecule has 118 valence electrons. The number of hydrogen-bond acceptors (Lipinski definition) is 5. The van der Waals surface area contributed by atoms with Crippen molar-refractivity contribution in [2.75, 3.05) is 5.75 Å². The van der Waals surface area contributed by atoms with Crippen molar-refractivity contribution in [2.24, 2.45) is 29.4 Å². The van der Waals surface area contributed by atoms with Gasteiger partial charge in [0.25, 0.3) is 0 Å². The number of carboxylic acids is 2. The van der Waals surface area contributed by atoms with Crippen LogP contribution in [0.1, 0.15) is 0 Å². The Bertz CT molecular complexity index is 609. The van der Waals surface area contributed by atoms with Crippen LogP contribution in [0.4, 0.5) is 0 Å². The molecule has 0 heterocycles. The molecule has 0 bridgehead atoms. The zero-order chi connectivity index (χ0) is 16.1. The predicted octanol–water partition coefficient (Wildman–Crippen LogP) is 0.498. The lowest BCUT2D eigenvalue weighted by atomic mass is 9.81. The van der Waals surface area contributed by atoms with Crippen molar-refractivity contribution < 1.29 is 24.9 Å². The summed E-state index contributed by atoms with van der Waals surface area (Å²) in [5.74, 6) is -4.75. The van der Waals surface area contributed by atoms with Crippen LogP contribution >= 0.6 is 11.8 Å². The average Bonchev–Trinajstić information content (AvgIpc) is 3.19. The number of fused-ring (bicyclic) bond motifs is 1. The molecule has 2 fully saturated rings. The fraction of sp³-hybridized carbons (Fsp3) is 0.467. The van der Waals surface area contributed by atoms with E-state index in [9.17, 15) is 19.8 Å². The van der Waals surface area contributed by atoms with E-state index in [0.29, 0.717) is 5.75 Å². The summed E-state index contributed by atoms with van der Waals surface area (Å²) in [5.41, 5.74) is 4.39. The molecule has 0 spiro atoms. The lowest BCUT2D eigenvalue weighted by Crippen LogP contribution is -2.58. The maximum absolute atomic E-state index is 11.7. The van der Waals surface area contributed by atoms with E-state index in [2.05, 4.69) is 0 Å². The summed E-state index contributed by atoms with van der Waals surface area (Å²) in [6, 6.07) is 9.42. The second kappa shape index (κ2) is 5.26. The summed E-state index contributed by atoms with van der Waals surface area (Å²) in [5, 5.41) is 29.0. The lowest BCUT2D eigenvalue weighted by Gasteiger charge is -2.32. The summed E-state index contributed by atoms with van der Waals surface area (Å²) >= 11 is 1.42. The van der Waals surface area contributed by atoms with Crippen LogP contribution < -0.4 is 5.73 Å². The minimum atomic E-state index is -1.69. The van der Waals surface area contributed by atoms with Crippen molar-refractivity contribution in [3.8, 4) is 0 Å². The van der Waals surface area contributed by atoms with Gasteiger partial charge in [-0.2, -0.15) is 0 Å². The summed E-state index contributed by atoms with van der Waals surface area (Å²) < 4.78 is 0. The van der Waals surface area contributed by atoms with E-state index in [-0.39, 0.29) is 0 Å². The lowest BCUT2D eigenvalue weighted by molar-refractivity contribution is -0.148. The quantitative estimate of drug-likeness (QED) is 0.582. The van der Waals surface area contributed by atoms with Crippen molar-refractivity contribution in [3.05, 3.63) is 30.3 Å². The smallest absolute Gasteiger partial charge is 0.324 e. The predicted molar refractivity (Wildman–Crippen MR) is 79.3 cm³/mol. The third-order valence-electron chi connectivity index (χ3n) is 4.88. The summed E-state index contributed by atoms with van der Waals surface area (Å²) in [7, 11) is 0. The van der Waals surface area contributed by atoms with Gasteiger partial charge in [0.15, 0.2) is 0 Å². The Hall–Kier alpha value is -1.57. The first-order valence-electron chi connectivity index (χ1n) is 7.00. The third kappa shape index (κ3) is 2.12. The van der Waals surface area contributed by atoms with Crippen molar-refractivity contribution in [1.29, 1.82) is 0 Å². The number of thioether (sulfide) groups is 1. The van der Waals surface area contributed by atoms with E-state index < -0.39 is 47.3 Å². The minimum absolute atomic E-state index is 0.341. The number of hydrogen-bond donors (Lipinski definition) is 4. The van der Waals surface area contributed by atoms with Crippen LogP contribution in [0.3, 0.4) is 0 Å². The van der Waals surface area contributed by atoms with Gasteiger partial charge in [-0.1, -0.05) is 18.2 Å². The number of benzene rings is 1. The fourth-order valence-electron chi connectivity index (χ4n) is 3.73. The molecule has 3 rings (SSSR count). The molecular weight excluding hydrogens is 306 g/mol. The first-order valence-corrected chi connectivity index (χ1v) is 7.98. The van der Waals surface area contributed by atoms with E-state index >= 15 is 0 Å². The Morgan fingerprint density at radius 2 is 1.86 bits per heavy atom. The van der Waals surface area contributed by atoms with Gasteiger partial charge < -0.3 is 21.1 Å². The molecule has 1 aromatic rings. The van der Waals surface area contributed by atoms with Crippen LogP contribution in [0.15, 0.2) is 35.2 Å². The second-order valence-corrected chi connectivity index (χ2v) is 7.02. The number of aliphatic carboxylic acids is 2. The molecule has 2 saturated carbocycles. The van der Waals surface area contributed by atoms with Gasteiger partial charge in [0.2, 0.25) is 0 Å². The van der Waals surface area contributed by atoms with Crippen LogP contribution in [0.2, 0.25) is 0 Å². The molecule has 0 unspecified atom stereocenters. The van der Waals surface area contributed by atoms with Gasteiger partial charge in [0.05, 0.1) is 12.0 Å². The highest BCUT2D eigenvalue weighted by Gasteiger charge is 2.77. The molecule has 0 saturated heterocycles. The number of aliphatic hydroxyl groups is 1. The molecule has 0 amide bonds. The Morgan fingerprint density at radius 3 is 2.41 bits per heavy atom. The average molecular weight is 323 g/mol. The molecule has 5 N–H and O–H groups in total. The molecular formula is C15H17NO5S. The Labute approximate surface area is 131 Å². The zero-order valence-corrected chi connectivity index (χ0v) is 12.4. The van der Waals surface area contributed by atoms with E-state index in [4.69, 9.17) is 10.8 Å². The normalized spacial score (nSPS) is 39.3. The molecule has 1 aromatic carbocycles. The van der Waals surface area contributed by atoms with Gasteiger partial charge in [0.1, 0.15) is 5.54 Å².